The van der Waals surface area contributed by atoms with Crippen molar-refractivity contribution in [3.05, 3.63) is 35.4 Å². The molecule has 0 amide bonds. The maximum Gasteiger partial charge on any atom is 0.341 e. The van der Waals surface area contributed by atoms with Gasteiger partial charge >= 0.3 is 11.9 Å². The zero-order valence-corrected chi connectivity index (χ0v) is 13.3. The molecule has 122 valence electrons. The summed E-state index contributed by atoms with van der Waals surface area (Å²) in [4.78, 5) is 24.3. The highest BCUT2D eigenvalue weighted by atomic mass is 16.7. The van der Waals surface area contributed by atoms with Gasteiger partial charge in [-0.2, -0.15) is 0 Å². The summed E-state index contributed by atoms with van der Waals surface area (Å²) >= 11 is 0. The van der Waals surface area contributed by atoms with Crippen molar-refractivity contribution in [2.45, 2.75) is 52.1 Å². The molecule has 6 heteroatoms. The Morgan fingerprint density at radius 3 is 1.50 bits per heavy atom. The maximum atomic E-state index is 12.1. The van der Waals surface area contributed by atoms with Crippen molar-refractivity contribution < 1.29 is 29.3 Å². The summed E-state index contributed by atoms with van der Waals surface area (Å²) in [6.45, 7) is 6.03. The Bertz CT molecular complexity index is 498. The highest BCUT2D eigenvalue weighted by Crippen LogP contribution is 2.20. The molecule has 1 aromatic carbocycles. The van der Waals surface area contributed by atoms with Crippen molar-refractivity contribution >= 4 is 11.9 Å². The number of rotatable bonds is 6. The highest BCUT2D eigenvalue weighted by molar-refractivity contribution is 6.03. The van der Waals surface area contributed by atoms with E-state index in [1.165, 1.54) is 26.0 Å². The van der Waals surface area contributed by atoms with Gasteiger partial charge in [-0.1, -0.05) is 26.0 Å². The van der Waals surface area contributed by atoms with Crippen molar-refractivity contribution in [1.29, 1.82) is 0 Å². The molecule has 0 aliphatic heterocycles. The van der Waals surface area contributed by atoms with Crippen LogP contribution >= 0.6 is 0 Å². The van der Waals surface area contributed by atoms with E-state index < -0.39 is 23.5 Å². The molecule has 0 aromatic heterocycles. The summed E-state index contributed by atoms with van der Waals surface area (Å²) in [5.41, 5.74) is -0.0683. The summed E-state index contributed by atoms with van der Waals surface area (Å²) in [5.74, 6) is -4.92. The number of esters is 2. The molecule has 2 N–H and O–H groups in total. The van der Waals surface area contributed by atoms with Crippen molar-refractivity contribution in [1.82, 2.24) is 0 Å². The Kier molecular flexibility index (Phi) is 5.68. The van der Waals surface area contributed by atoms with Crippen LogP contribution in [-0.4, -0.2) is 33.7 Å². The molecule has 2 atom stereocenters. The van der Waals surface area contributed by atoms with E-state index >= 15 is 0 Å². The zero-order valence-electron chi connectivity index (χ0n) is 13.3. The quantitative estimate of drug-likeness (QED) is 0.618. The molecule has 0 saturated carbocycles. The van der Waals surface area contributed by atoms with Gasteiger partial charge in [0.1, 0.15) is 0 Å². The zero-order chi connectivity index (χ0) is 17.0. The van der Waals surface area contributed by atoms with Crippen LogP contribution in [0.3, 0.4) is 0 Å². The summed E-state index contributed by atoms with van der Waals surface area (Å²) in [6.07, 6.45) is 0.409. The molecule has 6 nitrogen and oxygen atoms in total. The monoisotopic (exact) mass is 310 g/mol. The summed E-state index contributed by atoms with van der Waals surface area (Å²) in [6, 6.07) is 5.91. The van der Waals surface area contributed by atoms with E-state index in [-0.39, 0.29) is 24.0 Å². The third kappa shape index (κ3) is 4.82. The first-order chi connectivity index (χ1) is 10.1. The standard InChI is InChI=1S/C16H22O6/c1-5-15(3,19)21-13(17)11-9-7-8-10-12(11)14(18)22-16(4,20)6-2/h7-10,19-20H,5-6H2,1-4H3. The van der Waals surface area contributed by atoms with Gasteiger partial charge in [-0.25, -0.2) is 9.59 Å². The third-order valence-electron chi connectivity index (χ3n) is 3.30. The van der Waals surface area contributed by atoms with Crippen LogP contribution in [0.25, 0.3) is 0 Å². The van der Waals surface area contributed by atoms with Crippen LogP contribution in [0.15, 0.2) is 24.3 Å². The second-order valence-corrected chi connectivity index (χ2v) is 5.38. The van der Waals surface area contributed by atoms with Crippen molar-refractivity contribution in [3.8, 4) is 0 Å². The van der Waals surface area contributed by atoms with Gasteiger partial charge in [0.2, 0.25) is 11.6 Å². The number of hydrogen-bond donors (Lipinski definition) is 2. The fraction of sp³-hybridized carbons (Fsp3) is 0.500. The maximum absolute atomic E-state index is 12.1. The second kappa shape index (κ2) is 6.89. The van der Waals surface area contributed by atoms with Gasteiger partial charge in [-0.3, -0.25) is 0 Å². The lowest BCUT2D eigenvalue weighted by molar-refractivity contribution is -0.155. The van der Waals surface area contributed by atoms with Crippen LogP contribution in [0.2, 0.25) is 0 Å². The van der Waals surface area contributed by atoms with Crippen LogP contribution in [0.5, 0.6) is 0 Å². The first-order valence-corrected chi connectivity index (χ1v) is 7.12. The van der Waals surface area contributed by atoms with E-state index in [1.807, 2.05) is 0 Å². The first kappa shape index (κ1) is 18.1. The molecule has 2 unspecified atom stereocenters. The van der Waals surface area contributed by atoms with Crippen molar-refractivity contribution in [3.63, 3.8) is 0 Å². The average Bonchev–Trinajstić information content (AvgIpc) is 2.46. The Morgan fingerprint density at radius 1 is 0.909 bits per heavy atom. The fourth-order valence-corrected chi connectivity index (χ4v) is 1.49. The Labute approximate surface area is 129 Å². The Morgan fingerprint density at radius 2 is 1.23 bits per heavy atom. The number of hydrogen-bond acceptors (Lipinski definition) is 6. The van der Waals surface area contributed by atoms with E-state index in [2.05, 4.69) is 0 Å². The molecule has 22 heavy (non-hydrogen) atoms. The van der Waals surface area contributed by atoms with Crippen LogP contribution in [0.1, 0.15) is 61.3 Å². The van der Waals surface area contributed by atoms with Gasteiger partial charge < -0.3 is 19.7 Å². The second-order valence-electron chi connectivity index (χ2n) is 5.38. The van der Waals surface area contributed by atoms with E-state index in [0.717, 1.165) is 0 Å². The van der Waals surface area contributed by atoms with Gasteiger partial charge in [0.25, 0.3) is 0 Å². The minimum absolute atomic E-state index is 0.0341. The molecule has 0 aliphatic carbocycles. The fourth-order valence-electron chi connectivity index (χ4n) is 1.49. The lowest BCUT2D eigenvalue weighted by Gasteiger charge is -2.24. The van der Waals surface area contributed by atoms with E-state index in [1.54, 1.807) is 26.0 Å². The van der Waals surface area contributed by atoms with Crippen molar-refractivity contribution in [2.24, 2.45) is 0 Å². The predicted molar refractivity (Wildman–Crippen MR) is 79.1 cm³/mol. The highest BCUT2D eigenvalue weighted by Gasteiger charge is 2.29. The number of carbonyl (C=O) groups is 2. The molecule has 0 heterocycles. The molecular formula is C16H22O6. The average molecular weight is 310 g/mol. The van der Waals surface area contributed by atoms with Gasteiger partial charge in [0, 0.05) is 26.7 Å². The van der Waals surface area contributed by atoms with E-state index in [9.17, 15) is 19.8 Å². The molecule has 0 radical (unpaired) electrons. The molecule has 1 aromatic rings. The summed E-state index contributed by atoms with van der Waals surface area (Å²) in [7, 11) is 0. The number of ether oxygens (including phenoxy) is 2. The minimum Gasteiger partial charge on any atom is -0.430 e. The van der Waals surface area contributed by atoms with Gasteiger partial charge in [0.15, 0.2) is 0 Å². The van der Waals surface area contributed by atoms with E-state index in [0.29, 0.717) is 0 Å². The molecule has 0 saturated heterocycles. The predicted octanol–water partition coefficient (Wildman–Crippen LogP) is 2.24. The Hall–Kier alpha value is -1.92. The number of aliphatic hydroxyl groups is 2. The summed E-state index contributed by atoms with van der Waals surface area (Å²) < 4.78 is 9.93. The summed E-state index contributed by atoms with van der Waals surface area (Å²) in [5, 5.41) is 19.6. The molecule has 0 bridgehead atoms. The van der Waals surface area contributed by atoms with Gasteiger partial charge in [-0.05, 0) is 12.1 Å². The smallest absolute Gasteiger partial charge is 0.341 e. The molecule has 0 spiro atoms. The number of benzene rings is 1. The third-order valence-corrected chi connectivity index (χ3v) is 3.30. The van der Waals surface area contributed by atoms with E-state index in [4.69, 9.17) is 9.47 Å². The largest absolute Gasteiger partial charge is 0.430 e. The number of carbonyl (C=O) groups excluding carboxylic acids is 2. The van der Waals surface area contributed by atoms with Crippen LogP contribution in [-0.2, 0) is 9.47 Å². The molecule has 0 fully saturated rings. The minimum atomic E-state index is -1.62. The normalized spacial score (nSPS) is 16.3. The molecule has 0 aliphatic rings. The molecule has 1 rings (SSSR count). The SMILES string of the molecule is CCC(C)(O)OC(=O)c1ccccc1C(=O)OC(C)(O)CC. The van der Waals surface area contributed by atoms with Crippen LogP contribution < -0.4 is 0 Å². The Balaban J connectivity index is 3.04. The van der Waals surface area contributed by atoms with Gasteiger partial charge in [-0.15, -0.1) is 0 Å². The van der Waals surface area contributed by atoms with Crippen LogP contribution in [0, 0.1) is 0 Å². The first-order valence-electron chi connectivity index (χ1n) is 7.12. The van der Waals surface area contributed by atoms with Gasteiger partial charge in [0.05, 0.1) is 11.1 Å². The van der Waals surface area contributed by atoms with Crippen molar-refractivity contribution in [2.75, 3.05) is 0 Å². The van der Waals surface area contributed by atoms with Crippen LogP contribution in [0.4, 0.5) is 0 Å². The lowest BCUT2D eigenvalue weighted by Crippen LogP contribution is -2.33. The topological polar surface area (TPSA) is 93.1 Å². The molecular weight excluding hydrogens is 288 g/mol. The lowest BCUT2D eigenvalue weighted by atomic mass is 10.1.